The molecule has 1 fully saturated rings. The minimum atomic E-state index is -1.01. The molecule has 0 bridgehead atoms. The van der Waals surface area contributed by atoms with Gasteiger partial charge in [0.15, 0.2) is 0 Å². The standard InChI is InChI=1S/C29H41N5O5/c1-17(2)26(27(35)31-20(5)28(36)34-14-6-7-24(33-34)29(37)38)39-16-18(3)8-9-21-10-11-22-12-13-23(19(4)30)32-25(22)15-21/h8-13,15,17-20,24,26,33H,6-7,14,16,30H2,1-5H3,(H,31,35)(H,37,38)/b9-8+/t18?,19?,20?,24-,26?/m0/s1. The van der Waals surface area contributed by atoms with Crippen molar-refractivity contribution in [3.63, 3.8) is 0 Å². The summed E-state index contributed by atoms with van der Waals surface area (Å²) < 4.78 is 5.99. The summed E-state index contributed by atoms with van der Waals surface area (Å²) >= 11 is 0. The SMILES string of the molecule is CC(/C=C/c1ccc2ccc(C(C)N)nc2c1)COC(C(=O)NC(C)C(=O)N1CCC[C@@H](C(=O)O)N1)C(C)C. The number of hydrogen-bond donors (Lipinski definition) is 4. The van der Waals surface area contributed by atoms with E-state index in [4.69, 9.17) is 10.5 Å². The van der Waals surface area contributed by atoms with Crippen LogP contribution in [0.2, 0.25) is 0 Å². The van der Waals surface area contributed by atoms with Crippen LogP contribution in [-0.2, 0) is 19.1 Å². The molecule has 212 valence electrons. The predicted molar refractivity (Wildman–Crippen MR) is 150 cm³/mol. The molecule has 5 atom stereocenters. The van der Waals surface area contributed by atoms with Gasteiger partial charge in [0.2, 0.25) is 5.91 Å². The fraction of sp³-hybridized carbons (Fsp3) is 0.517. The van der Waals surface area contributed by atoms with Crippen molar-refractivity contribution in [3.05, 3.63) is 47.7 Å². The van der Waals surface area contributed by atoms with Crippen LogP contribution >= 0.6 is 0 Å². The number of aliphatic carboxylic acids is 1. The lowest BCUT2D eigenvalue weighted by Gasteiger charge is -2.34. The first-order chi connectivity index (χ1) is 18.5. The number of benzene rings is 1. The van der Waals surface area contributed by atoms with Crippen LogP contribution in [0.4, 0.5) is 0 Å². The second-order valence-electron chi connectivity index (χ2n) is 10.7. The van der Waals surface area contributed by atoms with Gasteiger partial charge in [-0.2, -0.15) is 0 Å². The van der Waals surface area contributed by atoms with E-state index in [1.54, 1.807) is 6.92 Å². The van der Waals surface area contributed by atoms with Crippen molar-refractivity contribution in [3.8, 4) is 0 Å². The third-order valence-corrected chi connectivity index (χ3v) is 6.70. The molecule has 39 heavy (non-hydrogen) atoms. The number of carboxylic acid groups (broad SMARTS) is 1. The quantitative estimate of drug-likeness (QED) is 0.341. The normalized spacial score (nSPS) is 19.2. The number of amides is 2. The molecule has 1 aromatic carbocycles. The zero-order chi connectivity index (χ0) is 28.7. The van der Waals surface area contributed by atoms with Crippen LogP contribution < -0.4 is 16.5 Å². The minimum Gasteiger partial charge on any atom is -0.480 e. The highest BCUT2D eigenvalue weighted by Crippen LogP contribution is 2.19. The number of carbonyl (C=O) groups is 3. The monoisotopic (exact) mass is 539 g/mol. The molecular formula is C29H41N5O5. The summed E-state index contributed by atoms with van der Waals surface area (Å²) in [7, 11) is 0. The average Bonchev–Trinajstić information content (AvgIpc) is 2.90. The topological polar surface area (TPSA) is 147 Å². The first kappa shape index (κ1) is 30.2. The molecule has 1 saturated heterocycles. The molecule has 1 aliphatic heterocycles. The summed E-state index contributed by atoms with van der Waals surface area (Å²) in [5.41, 5.74) is 11.4. The molecule has 3 rings (SSSR count). The zero-order valence-corrected chi connectivity index (χ0v) is 23.4. The molecule has 0 saturated carbocycles. The Morgan fingerprint density at radius 1 is 1.21 bits per heavy atom. The number of hydrazine groups is 1. The molecule has 1 aromatic heterocycles. The van der Waals surface area contributed by atoms with Gasteiger partial charge in [0, 0.05) is 18.0 Å². The van der Waals surface area contributed by atoms with E-state index in [-0.39, 0.29) is 29.7 Å². The summed E-state index contributed by atoms with van der Waals surface area (Å²) in [5.74, 6) is -1.85. The minimum absolute atomic E-state index is 0.0302. The highest BCUT2D eigenvalue weighted by atomic mass is 16.5. The smallest absolute Gasteiger partial charge is 0.322 e. The molecule has 1 aliphatic rings. The number of carboxylic acids is 1. The number of pyridine rings is 1. The summed E-state index contributed by atoms with van der Waals surface area (Å²) in [4.78, 5) is 41.7. The van der Waals surface area contributed by atoms with E-state index < -0.39 is 24.2 Å². The van der Waals surface area contributed by atoms with E-state index in [2.05, 4.69) is 15.7 Å². The van der Waals surface area contributed by atoms with Gasteiger partial charge in [0.1, 0.15) is 18.2 Å². The van der Waals surface area contributed by atoms with E-state index in [1.807, 2.05) is 70.2 Å². The summed E-state index contributed by atoms with van der Waals surface area (Å²) in [5, 5.41) is 14.3. The molecule has 0 radical (unpaired) electrons. The van der Waals surface area contributed by atoms with Crippen LogP contribution in [-0.4, -0.2) is 64.2 Å². The average molecular weight is 540 g/mol. The van der Waals surface area contributed by atoms with Crippen LogP contribution in [0.5, 0.6) is 0 Å². The Kier molecular flexibility index (Phi) is 10.6. The van der Waals surface area contributed by atoms with Gasteiger partial charge in [-0.3, -0.25) is 24.4 Å². The lowest BCUT2D eigenvalue weighted by atomic mass is 10.0. The maximum atomic E-state index is 13.0. The Bertz CT molecular complexity index is 1200. The Hall–Kier alpha value is -3.34. The largest absolute Gasteiger partial charge is 0.480 e. The van der Waals surface area contributed by atoms with E-state index in [0.717, 1.165) is 22.2 Å². The highest BCUT2D eigenvalue weighted by Gasteiger charge is 2.32. The van der Waals surface area contributed by atoms with Gasteiger partial charge in [-0.1, -0.05) is 51.1 Å². The van der Waals surface area contributed by atoms with Crippen molar-refractivity contribution >= 4 is 34.8 Å². The number of nitrogens with two attached hydrogens (primary N) is 1. The van der Waals surface area contributed by atoms with Crippen LogP contribution in [0, 0.1) is 11.8 Å². The number of fused-ring (bicyclic) bond motifs is 1. The Labute approximate surface area is 229 Å². The van der Waals surface area contributed by atoms with Crippen molar-refractivity contribution < 1.29 is 24.2 Å². The molecular weight excluding hydrogens is 498 g/mol. The van der Waals surface area contributed by atoms with E-state index >= 15 is 0 Å². The van der Waals surface area contributed by atoms with Crippen molar-refractivity contribution in [2.75, 3.05) is 13.2 Å². The molecule has 4 unspecified atom stereocenters. The van der Waals surface area contributed by atoms with Gasteiger partial charge >= 0.3 is 5.97 Å². The maximum absolute atomic E-state index is 13.0. The summed E-state index contributed by atoms with van der Waals surface area (Å²) in [6.45, 7) is 9.99. The maximum Gasteiger partial charge on any atom is 0.322 e. The van der Waals surface area contributed by atoms with Crippen LogP contribution in [0.15, 0.2) is 36.4 Å². The van der Waals surface area contributed by atoms with Crippen molar-refractivity contribution in [1.82, 2.24) is 20.7 Å². The second kappa shape index (κ2) is 13.6. The lowest BCUT2D eigenvalue weighted by Crippen LogP contribution is -2.60. The Morgan fingerprint density at radius 2 is 1.92 bits per heavy atom. The number of hydrogen-bond acceptors (Lipinski definition) is 7. The van der Waals surface area contributed by atoms with Crippen molar-refractivity contribution in [1.29, 1.82) is 0 Å². The molecule has 10 nitrogen and oxygen atoms in total. The molecule has 10 heteroatoms. The van der Waals surface area contributed by atoms with Crippen molar-refractivity contribution in [2.24, 2.45) is 17.6 Å². The van der Waals surface area contributed by atoms with E-state index in [9.17, 15) is 19.5 Å². The molecule has 2 heterocycles. The van der Waals surface area contributed by atoms with Crippen LogP contribution in [0.25, 0.3) is 17.0 Å². The van der Waals surface area contributed by atoms with Gasteiger partial charge in [0.05, 0.1) is 17.8 Å². The van der Waals surface area contributed by atoms with Crippen LogP contribution in [0.3, 0.4) is 0 Å². The Balaban J connectivity index is 1.55. The number of ether oxygens (including phenoxy) is 1. The molecule has 2 amide bonds. The number of rotatable bonds is 11. The van der Waals surface area contributed by atoms with Gasteiger partial charge < -0.3 is 20.9 Å². The molecule has 0 spiro atoms. The number of nitrogens with zero attached hydrogens (tertiary/aromatic N) is 2. The number of nitrogens with one attached hydrogen (secondary N) is 2. The van der Waals surface area contributed by atoms with Gasteiger partial charge in [-0.05, 0) is 56.2 Å². The molecule has 0 aliphatic carbocycles. The fourth-order valence-electron chi connectivity index (χ4n) is 4.38. The third kappa shape index (κ3) is 8.32. The Morgan fingerprint density at radius 3 is 2.59 bits per heavy atom. The van der Waals surface area contributed by atoms with E-state index in [1.165, 1.54) is 5.01 Å². The zero-order valence-electron chi connectivity index (χ0n) is 23.4. The molecule has 5 N–H and O–H groups in total. The second-order valence-corrected chi connectivity index (χ2v) is 10.7. The summed E-state index contributed by atoms with van der Waals surface area (Å²) in [6.07, 6.45) is 4.32. The number of carbonyl (C=O) groups excluding carboxylic acids is 2. The first-order valence-corrected chi connectivity index (χ1v) is 13.5. The van der Waals surface area contributed by atoms with E-state index in [0.29, 0.717) is 26.0 Å². The highest BCUT2D eigenvalue weighted by molar-refractivity contribution is 5.89. The van der Waals surface area contributed by atoms with Crippen molar-refractivity contribution in [2.45, 2.75) is 71.7 Å². The predicted octanol–water partition coefficient (Wildman–Crippen LogP) is 3.03. The van der Waals surface area contributed by atoms with Gasteiger partial charge in [-0.15, -0.1) is 0 Å². The number of aromatic nitrogens is 1. The van der Waals surface area contributed by atoms with Crippen LogP contribution in [0.1, 0.15) is 64.8 Å². The lowest BCUT2D eigenvalue weighted by molar-refractivity contribution is -0.149. The molecule has 2 aromatic rings. The third-order valence-electron chi connectivity index (χ3n) is 6.70. The van der Waals surface area contributed by atoms with Gasteiger partial charge in [-0.25, -0.2) is 5.43 Å². The summed E-state index contributed by atoms with van der Waals surface area (Å²) in [6, 6.07) is 8.25. The fourth-order valence-corrected chi connectivity index (χ4v) is 4.38. The first-order valence-electron chi connectivity index (χ1n) is 13.5. The van der Waals surface area contributed by atoms with Gasteiger partial charge in [0.25, 0.3) is 5.91 Å².